The van der Waals surface area contributed by atoms with E-state index in [1.165, 1.54) is 16.9 Å². The normalized spacial score (nSPS) is 23.2. The molecule has 1 fully saturated rings. The molecule has 0 saturated carbocycles. The minimum Gasteiger partial charge on any atom is -0.467 e. The predicted octanol–water partition coefficient (Wildman–Crippen LogP) is -0.475. The topological polar surface area (TPSA) is 49.9 Å². The fourth-order valence-corrected chi connectivity index (χ4v) is 1.23. The number of amides is 2. The van der Waals surface area contributed by atoms with Crippen LogP contribution in [0.25, 0.3) is 0 Å². The quantitative estimate of drug-likeness (QED) is 0.502. The molecule has 1 rings (SSSR count). The lowest BCUT2D eigenvalue weighted by Crippen LogP contribution is -2.37. The van der Waals surface area contributed by atoms with E-state index in [1.54, 1.807) is 14.1 Å². The zero-order valence-corrected chi connectivity index (χ0v) is 7.40. The third-order valence-corrected chi connectivity index (χ3v) is 2.02. The van der Waals surface area contributed by atoms with Crippen LogP contribution in [-0.2, 0) is 9.53 Å². The molecule has 1 aliphatic heterocycles. The summed E-state index contributed by atoms with van der Waals surface area (Å²) in [6.45, 7) is 0.405. The van der Waals surface area contributed by atoms with Gasteiger partial charge in [0, 0.05) is 14.1 Å². The highest BCUT2D eigenvalue weighted by Gasteiger charge is 2.37. The summed E-state index contributed by atoms with van der Waals surface area (Å²) in [6.07, 6.45) is 0. The van der Waals surface area contributed by atoms with Crippen molar-refractivity contribution in [2.45, 2.75) is 6.04 Å². The first kappa shape index (κ1) is 8.83. The van der Waals surface area contributed by atoms with Crippen molar-refractivity contribution < 1.29 is 14.3 Å². The summed E-state index contributed by atoms with van der Waals surface area (Å²) in [4.78, 5) is 25.1. The SMILES string of the molecule is COC(=O)[C@@H]1CN(C)C(=O)N1C. The molecular formula is C7H12N2O3. The minimum absolute atomic E-state index is 0.148. The van der Waals surface area contributed by atoms with Crippen molar-refractivity contribution in [3.8, 4) is 0 Å². The Morgan fingerprint density at radius 3 is 2.50 bits per heavy atom. The van der Waals surface area contributed by atoms with Gasteiger partial charge >= 0.3 is 12.0 Å². The van der Waals surface area contributed by atoms with Crippen molar-refractivity contribution in [3.05, 3.63) is 0 Å². The molecule has 5 heteroatoms. The molecule has 0 aromatic rings. The van der Waals surface area contributed by atoms with Gasteiger partial charge in [-0.05, 0) is 0 Å². The second kappa shape index (κ2) is 3.00. The molecule has 0 aliphatic carbocycles. The minimum atomic E-state index is -0.451. The van der Waals surface area contributed by atoms with Crippen LogP contribution in [0.15, 0.2) is 0 Å². The molecule has 5 nitrogen and oxygen atoms in total. The molecule has 1 heterocycles. The smallest absolute Gasteiger partial charge is 0.330 e. The van der Waals surface area contributed by atoms with Crippen molar-refractivity contribution in [2.24, 2.45) is 0 Å². The van der Waals surface area contributed by atoms with Crippen LogP contribution in [-0.4, -0.2) is 55.6 Å². The highest BCUT2D eigenvalue weighted by molar-refractivity contribution is 5.87. The molecule has 1 saturated heterocycles. The Hall–Kier alpha value is -1.26. The lowest BCUT2D eigenvalue weighted by molar-refractivity contribution is -0.144. The highest BCUT2D eigenvalue weighted by atomic mass is 16.5. The largest absolute Gasteiger partial charge is 0.467 e. The summed E-state index contributed by atoms with van der Waals surface area (Å²) in [7, 11) is 4.56. The third kappa shape index (κ3) is 1.22. The first-order chi connectivity index (χ1) is 5.57. The van der Waals surface area contributed by atoms with E-state index in [2.05, 4.69) is 4.74 Å². The second-order valence-corrected chi connectivity index (χ2v) is 2.81. The van der Waals surface area contributed by atoms with Crippen LogP contribution < -0.4 is 0 Å². The Kier molecular flexibility index (Phi) is 2.21. The van der Waals surface area contributed by atoms with Gasteiger partial charge in [-0.3, -0.25) is 0 Å². The molecule has 1 atom stereocenters. The standard InChI is InChI=1S/C7H12N2O3/c1-8-4-5(6(10)12-3)9(2)7(8)11/h5H,4H2,1-3H3/t5-/m0/s1. The molecule has 0 unspecified atom stereocenters. The van der Waals surface area contributed by atoms with Crippen LogP contribution in [0, 0.1) is 0 Å². The highest BCUT2D eigenvalue weighted by Crippen LogP contribution is 2.12. The molecule has 0 aromatic carbocycles. The van der Waals surface area contributed by atoms with E-state index >= 15 is 0 Å². The maximum absolute atomic E-state index is 11.2. The number of likely N-dealkylation sites (N-methyl/N-ethyl adjacent to an activating group) is 2. The van der Waals surface area contributed by atoms with Crippen LogP contribution >= 0.6 is 0 Å². The maximum atomic E-state index is 11.2. The van der Waals surface area contributed by atoms with Gasteiger partial charge in [0.05, 0.1) is 13.7 Å². The van der Waals surface area contributed by atoms with Crippen molar-refractivity contribution in [1.82, 2.24) is 9.80 Å². The van der Waals surface area contributed by atoms with Crippen LogP contribution in [0.2, 0.25) is 0 Å². The number of rotatable bonds is 1. The van der Waals surface area contributed by atoms with Crippen molar-refractivity contribution in [1.29, 1.82) is 0 Å². The van der Waals surface area contributed by atoms with E-state index in [1.807, 2.05) is 0 Å². The fourth-order valence-electron chi connectivity index (χ4n) is 1.23. The molecule has 0 bridgehead atoms. The summed E-state index contributed by atoms with van der Waals surface area (Å²) in [5.41, 5.74) is 0. The first-order valence-electron chi connectivity index (χ1n) is 3.63. The van der Waals surface area contributed by atoms with E-state index < -0.39 is 6.04 Å². The van der Waals surface area contributed by atoms with Gasteiger partial charge in [-0.2, -0.15) is 0 Å². The molecule has 12 heavy (non-hydrogen) atoms. The number of ether oxygens (including phenoxy) is 1. The van der Waals surface area contributed by atoms with Gasteiger partial charge in [0.2, 0.25) is 0 Å². The second-order valence-electron chi connectivity index (χ2n) is 2.81. The number of carbonyl (C=O) groups excluding carboxylic acids is 2. The van der Waals surface area contributed by atoms with Gasteiger partial charge < -0.3 is 14.5 Å². The fraction of sp³-hybridized carbons (Fsp3) is 0.714. The van der Waals surface area contributed by atoms with Crippen LogP contribution in [0.1, 0.15) is 0 Å². The van der Waals surface area contributed by atoms with Gasteiger partial charge in [-0.25, -0.2) is 9.59 Å². The number of methoxy groups -OCH3 is 1. The average Bonchev–Trinajstić information content (AvgIpc) is 2.32. The number of carbonyl (C=O) groups is 2. The van der Waals surface area contributed by atoms with Gasteiger partial charge in [-0.15, -0.1) is 0 Å². The molecule has 0 radical (unpaired) electrons. The molecule has 1 aliphatic rings. The van der Waals surface area contributed by atoms with Gasteiger partial charge in [0.15, 0.2) is 0 Å². The lowest BCUT2D eigenvalue weighted by Gasteiger charge is -2.14. The van der Waals surface area contributed by atoms with Crippen LogP contribution in [0.4, 0.5) is 4.79 Å². The van der Waals surface area contributed by atoms with Gasteiger partial charge in [0.25, 0.3) is 0 Å². The summed E-state index contributed by atoms with van der Waals surface area (Å²) in [5.74, 6) is -0.366. The van der Waals surface area contributed by atoms with Gasteiger partial charge in [-0.1, -0.05) is 0 Å². The van der Waals surface area contributed by atoms with E-state index in [0.717, 1.165) is 0 Å². The average molecular weight is 172 g/mol. The molecule has 0 aromatic heterocycles. The third-order valence-electron chi connectivity index (χ3n) is 2.02. The molecule has 0 N–H and O–H groups in total. The molecule has 68 valence electrons. The number of nitrogens with zero attached hydrogens (tertiary/aromatic N) is 2. The maximum Gasteiger partial charge on any atom is 0.330 e. The van der Waals surface area contributed by atoms with E-state index in [4.69, 9.17) is 0 Å². The van der Waals surface area contributed by atoms with Crippen molar-refractivity contribution in [2.75, 3.05) is 27.7 Å². The number of hydrogen-bond donors (Lipinski definition) is 0. The zero-order valence-electron chi connectivity index (χ0n) is 7.40. The Morgan fingerprint density at radius 2 is 2.17 bits per heavy atom. The molecule has 0 spiro atoms. The van der Waals surface area contributed by atoms with Crippen molar-refractivity contribution >= 4 is 12.0 Å². The van der Waals surface area contributed by atoms with E-state index in [-0.39, 0.29) is 12.0 Å². The number of esters is 1. The summed E-state index contributed by atoms with van der Waals surface area (Å²) < 4.78 is 4.54. The van der Waals surface area contributed by atoms with E-state index in [9.17, 15) is 9.59 Å². The lowest BCUT2D eigenvalue weighted by atomic mass is 10.3. The Morgan fingerprint density at radius 1 is 1.58 bits per heavy atom. The van der Waals surface area contributed by atoms with E-state index in [0.29, 0.717) is 6.54 Å². The van der Waals surface area contributed by atoms with Gasteiger partial charge in [0.1, 0.15) is 6.04 Å². The Bertz CT molecular complexity index is 217. The van der Waals surface area contributed by atoms with Crippen LogP contribution in [0.5, 0.6) is 0 Å². The zero-order chi connectivity index (χ0) is 9.30. The Balaban J connectivity index is 2.71. The first-order valence-corrected chi connectivity index (χ1v) is 3.63. The summed E-state index contributed by atoms with van der Waals surface area (Å²) in [6, 6.07) is -0.599. The molecular weight excluding hydrogens is 160 g/mol. The van der Waals surface area contributed by atoms with Crippen molar-refractivity contribution in [3.63, 3.8) is 0 Å². The predicted molar refractivity (Wildman–Crippen MR) is 41.6 cm³/mol. The molecule has 2 amide bonds. The number of hydrogen-bond acceptors (Lipinski definition) is 3. The summed E-state index contributed by atoms with van der Waals surface area (Å²) in [5, 5.41) is 0. The monoisotopic (exact) mass is 172 g/mol. The van der Waals surface area contributed by atoms with Crippen LogP contribution in [0.3, 0.4) is 0 Å². The number of urea groups is 1. The Labute approximate surface area is 70.9 Å². The summed E-state index contributed by atoms with van der Waals surface area (Å²) >= 11 is 0.